The number of aryl methyl sites for hydroxylation is 1. The summed E-state index contributed by atoms with van der Waals surface area (Å²) in [6.07, 6.45) is 1.66. The molecule has 1 fully saturated rings. The molecule has 1 amide bonds. The fourth-order valence-electron chi connectivity index (χ4n) is 3.07. The van der Waals surface area contributed by atoms with E-state index in [1.165, 1.54) is 0 Å². The third kappa shape index (κ3) is 2.98. The molecule has 3 rings (SSSR count). The van der Waals surface area contributed by atoms with Crippen molar-refractivity contribution in [3.05, 3.63) is 24.1 Å². The summed E-state index contributed by atoms with van der Waals surface area (Å²) >= 11 is 0. The Bertz CT molecular complexity index is 722. The zero-order valence-corrected chi connectivity index (χ0v) is 14.3. The van der Waals surface area contributed by atoms with Crippen LogP contribution in [0.1, 0.15) is 40.0 Å². The van der Waals surface area contributed by atoms with Gasteiger partial charge in [0.25, 0.3) is 0 Å². The van der Waals surface area contributed by atoms with Crippen LogP contribution in [0.25, 0.3) is 11.1 Å². The molecule has 1 aliphatic heterocycles. The Morgan fingerprint density at radius 2 is 2.26 bits per heavy atom. The van der Waals surface area contributed by atoms with Crippen LogP contribution < -0.4 is 5.32 Å². The average Bonchev–Trinajstić information content (AvgIpc) is 2.93. The van der Waals surface area contributed by atoms with Crippen molar-refractivity contribution in [1.29, 1.82) is 0 Å². The number of carbonyl (C=O) groups is 1. The first kappa shape index (κ1) is 16.0. The molecule has 1 atom stereocenters. The summed E-state index contributed by atoms with van der Waals surface area (Å²) in [5.74, 6) is 1.34. The molecule has 0 spiro atoms. The second kappa shape index (κ2) is 5.96. The Labute approximate surface area is 137 Å². The number of rotatable bonds is 5. The first-order chi connectivity index (χ1) is 10.9. The summed E-state index contributed by atoms with van der Waals surface area (Å²) in [5.41, 5.74) is 1.92. The summed E-state index contributed by atoms with van der Waals surface area (Å²) in [4.78, 5) is 19.4. The van der Waals surface area contributed by atoms with Gasteiger partial charge in [0.2, 0.25) is 5.91 Å². The van der Waals surface area contributed by atoms with Crippen molar-refractivity contribution in [2.75, 3.05) is 18.4 Å². The lowest BCUT2D eigenvalue weighted by atomic mass is 9.84. The predicted molar refractivity (Wildman–Crippen MR) is 91.4 cm³/mol. The molecule has 124 valence electrons. The molecule has 0 saturated carbocycles. The van der Waals surface area contributed by atoms with Gasteiger partial charge in [-0.15, -0.1) is 0 Å². The zero-order chi connectivity index (χ0) is 16.6. The van der Waals surface area contributed by atoms with Crippen LogP contribution in [0.2, 0.25) is 0 Å². The van der Waals surface area contributed by atoms with Crippen LogP contribution in [0.3, 0.4) is 0 Å². The fraction of sp³-hybridized carbons (Fsp3) is 0.556. The standard InChI is InChI=1S/C18H25N3O2/c1-5-16-20-14-10-13(6-7-15(14)23-16)19-17(22)18(4)8-9-21(18)11-12(2)3/h6-7,10,12H,5,8-9,11H2,1-4H3,(H,19,22). The Kier molecular flexibility index (Phi) is 4.15. The summed E-state index contributed by atoms with van der Waals surface area (Å²) in [7, 11) is 0. The van der Waals surface area contributed by atoms with Crippen molar-refractivity contribution in [2.45, 2.75) is 46.1 Å². The van der Waals surface area contributed by atoms with Crippen LogP contribution in [0.4, 0.5) is 5.69 Å². The maximum Gasteiger partial charge on any atom is 0.244 e. The highest BCUT2D eigenvalue weighted by atomic mass is 16.3. The van der Waals surface area contributed by atoms with Crippen LogP contribution in [0.5, 0.6) is 0 Å². The van der Waals surface area contributed by atoms with Gasteiger partial charge >= 0.3 is 0 Å². The number of fused-ring (bicyclic) bond motifs is 1. The first-order valence-electron chi connectivity index (χ1n) is 8.38. The van der Waals surface area contributed by atoms with Gasteiger partial charge in [0, 0.05) is 25.2 Å². The molecule has 1 saturated heterocycles. The SMILES string of the molecule is CCc1nc2cc(NC(=O)C3(C)CCN3CC(C)C)ccc2o1. The number of benzene rings is 1. The molecule has 5 heteroatoms. The lowest BCUT2D eigenvalue weighted by Crippen LogP contribution is -2.64. The summed E-state index contributed by atoms with van der Waals surface area (Å²) < 4.78 is 5.61. The molecule has 5 nitrogen and oxygen atoms in total. The van der Waals surface area contributed by atoms with Crippen LogP contribution >= 0.6 is 0 Å². The van der Waals surface area contributed by atoms with Gasteiger partial charge in [-0.2, -0.15) is 0 Å². The van der Waals surface area contributed by atoms with E-state index in [-0.39, 0.29) is 5.91 Å². The maximum atomic E-state index is 12.7. The molecule has 2 aromatic rings. The van der Waals surface area contributed by atoms with E-state index in [0.717, 1.165) is 48.6 Å². The lowest BCUT2D eigenvalue weighted by molar-refractivity contribution is -0.136. The minimum absolute atomic E-state index is 0.0583. The molecule has 0 aliphatic carbocycles. The van der Waals surface area contributed by atoms with E-state index >= 15 is 0 Å². The van der Waals surface area contributed by atoms with Crippen LogP contribution in [-0.2, 0) is 11.2 Å². The van der Waals surface area contributed by atoms with Gasteiger partial charge in [0.05, 0.1) is 5.54 Å². The van der Waals surface area contributed by atoms with Gasteiger partial charge < -0.3 is 9.73 Å². The lowest BCUT2D eigenvalue weighted by Gasteiger charge is -2.49. The molecule has 1 aromatic heterocycles. The number of hydrogen-bond acceptors (Lipinski definition) is 4. The minimum atomic E-state index is -0.405. The molecular weight excluding hydrogens is 290 g/mol. The number of anilines is 1. The van der Waals surface area contributed by atoms with Crippen molar-refractivity contribution in [3.63, 3.8) is 0 Å². The third-order valence-electron chi connectivity index (χ3n) is 4.63. The monoisotopic (exact) mass is 315 g/mol. The number of amides is 1. The van der Waals surface area contributed by atoms with Crippen molar-refractivity contribution in [1.82, 2.24) is 9.88 Å². The van der Waals surface area contributed by atoms with Crippen molar-refractivity contribution < 1.29 is 9.21 Å². The van der Waals surface area contributed by atoms with Crippen LogP contribution in [0, 0.1) is 5.92 Å². The van der Waals surface area contributed by atoms with Crippen molar-refractivity contribution >= 4 is 22.7 Å². The first-order valence-corrected chi connectivity index (χ1v) is 8.38. The summed E-state index contributed by atoms with van der Waals surface area (Å²) in [5, 5.41) is 3.04. The third-order valence-corrected chi connectivity index (χ3v) is 4.63. The summed E-state index contributed by atoms with van der Waals surface area (Å²) in [6, 6.07) is 5.62. The molecule has 1 aliphatic rings. The smallest absolute Gasteiger partial charge is 0.244 e. The number of carbonyl (C=O) groups excluding carboxylic acids is 1. The fourth-order valence-corrected chi connectivity index (χ4v) is 3.07. The van der Waals surface area contributed by atoms with Gasteiger partial charge in [0.15, 0.2) is 11.5 Å². The van der Waals surface area contributed by atoms with E-state index in [0.29, 0.717) is 5.92 Å². The molecule has 2 heterocycles. The molecule has 1 unspecified atom stereocenters. The normalized spacial score (nSPS) is 21.6. The van der Waals surface area contributed by atoms with Gasteiger partial charge in [-0.1, -0.05) is 20.8 Å². The molecular formula is C18H25N3O2. The second-order valence-corrected chi connectivity index (χ2v) is 6.96. The van der Waals surface area contributed by atoms with E-state index in [4.69, 9.17) is 4.42 Å². The number of likely N-dealkylation sites (tertiary alicyclic amines) is 1. The molecule has 1 N–H and O–H groups in total. The quantitative estimate of drug-likeness (QED) is 0.918. The van der Waals surface area contributed by atoms with E-state index in [9.17, 15) is 4.79 Å². The Morgan fingerprint density at radius 1 is 1.48 bits per heavy atom. The molecule has 0 bridgehead atoms. The highest BCUT2D eigenvalue weighted by molar-refractivity contribution is 5.99. The zero-order valence-electron chi connectivity index (χ0n) is 14.3. The Balaban J connectivity index is 1.74. The average molecular weight is 315 g/mol. The number of oxazole rings is 1. The molecule has 23 heavy (non-hydrogen) atoms. The van der Waals surface area contributed by atoms with Crippen LogP contribution in [0.15, 0.2) is 22.6 Å². The van der Waals surface area contributed by atoms with E-state index in [2.05, 4.69) is 29.0 Å². The topological polar surface area (TPSA) is 58.4 Å². The van der Waals surface area contributed by atoms with E-state index in [1.54, 1.807) is 0 Å². The number of nitrogens with zero attached hydrogens (tertiary/aromatic N) is 2. The van der Waals surface area contributed by atoms with Crippen molar-refractivity contribution in [3.8, 4) is 0 Å². The van der Waals surface area contributed by atoms with Crippen molar-refractivity contribution in [2.24, 2.45) is 5.92 Å². The van der Waals surface area contributed by atoms with Crippen LogP contribution in [-0.4, -0.2) is 34.4 Å². The van der Waals surface area contributed by atoms with Gasteiger partial charge in [-0.25, -0.2) is 4.98 Å². The van der Waals surface area contributed by atoms with E-state index in [1.807, 2.05) is 32.0 Å². The number of aromatic nitrogens is 1. The molecule has 0 radical (unpaired) electrons. The maximum absolute atomic E-state index is 12.7. The molecule has 1 aromatic carbocycles. The highest BCUT2D eigenvalue weighted by Crippen LogP contribution is 2.32. The second-order valence-electron chi connectivity index (χ2n) is 6.96. The van der Waals surface area contributed by atoms with Gasteiger partial charge in [-0.05, 0) is 37.5 Å². The summed E-state index contributed by atoms with van der Waals surface area (Å²) in [6.45, 7) is 10.3. The highest BCUT2D eigenvalue weighted by Gasteiger charge is 2.46. The predicted octanol–water partition coefficient (Wildman–Crippen LogP) is 3.45. The Morgan fingerprint density at radius 3 is 2.87 bits per heavy atom. The number of nitrogens with one attached hydrogen (secondary N) is 1. The van der Waals surface area contributed by atoms with Gasteiger partial charge in [-0.3, -0.25) is 9.69 Å². The van der Waals surface area contributed by atoms with Gasteiger partial charge in [0.1, 0.15) is 5.52 Å². The largest absolute Gasteiger partial charge is 0.441 e. The van der Waals surface area contributed by atoms with E-state index < -0.39 is 5.54 Å². The number of hydrogen-bond donors (Lipinski definition) is 1. The minimum Gasteiger partial charge on any atom is -0.441 e. The Hall–Kier alpha value is -1.88.